The van der Waals surface area contributed by atoms with Gasteiger partial charge >= 0.3 is 0 Å². The van der Waals surface area contributed by atoms with E-state index in [0.29, 0.717) is 6.04 Å². The van der Waals surface area contributed by atoms with Gasteiger partial charge in [0.05, 0.1) is 7.11 Å². The molecule has 0 spiro atoms. The van der Waals surface area contributed by atoms with Crippen LogP contribution in [-0.4, -0.2) is 20.2 Å². The first-order valence-electron chi connectivity index (χ1n) is 6.63. The number of hydrogen-bond acceptors (Lipinski definition) is 2. The first-order chi connectivity index (χ1) is 9.22. The second-order valence-electron chi connectivity index (χ2n) is 4.82. The van der Waals surface area contributed by atoms with Crippen LogP contribution in [0.2, 0.25) is 0 Å². The fraction of sp³-hybridized carbons (Fsp3) is 0.294. The maximum Gasteiger partial charge on any atom is 0.119 e. The monoisotopic (exact) mass is 255 g/mol. The minimum atomic E-state index is 0.502. The lowest BCUT2D eigenvalue weighted by molar-refractivity contribution is 0.415. The molecule has 0 fully saturated rings. The average molecular weight is 255 g/mol. The lowest BCUT2D eigenvalue weighted by atomic mass is 10.0. The van der Waals surface area contributed by atoms with Gasteiger partial charge in [0.1, 0.15) is 5.75 Å². The lowest BCUT2D eigenvalue weighted by Crippen LogP contribution is -2.23. The predicted octanol–water partition coefficient (Wildman–Crippen LogP) is 3.51. The van der Waals surface area contributed by atoms with E-state index in [1.54, 1.807) is 7.11 Å². The maximum absolute atomic E-state index is 5.26. The van der Waals surface area contributed by atoms with Crippen LogP contribution in [0, 0.1) is 0 Å². The molecule has 0 saturated heterocycles. The molecule has 2 rings (SSSR count). The largest absolute Gasteiger partial charge is 0.497 e. The van der Waals surface area contributed by atoms with Gasteiger partial charge in [0.25, 0.3) is 0 Å². The molecule has 0 amide bonds. The summed E-state index contributed by atoms with van der Waals surface area (Å²) in [6, 6.07) is 17.4. The zero-order valence-electron chi connectivity index (χ0n) is 11.8. The van der Waals surface area contributed by atoms with Crippen LogP contribution in [0.1, 0.15) is 12.5 Å². The molecule has 0 aliphatic heterocycles. The Morgan fingerprint density at radius 3 is 2.42 bits per heavy atom. The molecule has 1 atom stereocenters. The number of methoxy groups -OCH3 is 1. The molecule has 0 radical (unpaired) electrons. The molecule has 0 heterocycles. The molecular weight excluding hydrogens is 234 g/mol. The van der Waals surface area contributed by atoms with E-state index in [0.717, 1.165) is 12.2 Å². The van der Waals surface area contributed by atoms with Gasteiger partial charge in [0.15, 0.2) is 0 Å². The van der Waals surface area contributed by atoms with Crippen molar-refractivity contribution in [3.63, 3.8) is 0 Å². The van der Waals surface area contributed by atoms with Crippen molar-refractivity contribution >= 4 is 0 Å². The number of ether oxygens (including phenoxy) is 1. The van der Waals surface area contributed by atoms with Crippen LogP contribution < -0.4 is 10.1 Å². The molecule has 2 aromatic carbocycles. The van der Waals surface area contributed by atoms with Crippen molar-refractivity contribution in [1.29, 1.82) is 0 Å². The van der Waals surface area contributed by atoms with E-state index in [-0.39, 0.29) is 0 Å². The Morgan fingerprint density at radius 1 is 1.05 bits per heavy atom. The SMILES string of the molecule is CNC(C)Cc1ccc(-c2cccc(OC)c2)cc1. The van der Waals surface area contributed by atoms with Crippen LogP contribution >= 0.6 is 0 Å². The normalized spacial score (nSPS) is 12.2. The molecule has 2 nitrogen and oxygen atoms in total. The van der Waals surface area contributed by atoms with Crippen molar-refractivity contribution in [1.82, 2.24) is 5.32 Å². The van der Waals surface area contributed by atoms with Gasteiger partial charge in [-0.15, -0.1) is 0 Å². The fourth-order valence-electron chi connectivity index (χ4n) is 2.09. The van der Waals surface area contributed by atoms with E-state index in [4.69, 9.17) is 4.74 Å². The van der Waals surface area contributed by atoms with Crippen molar-refractivity contribution in [3.8, 4) is 16.9 Å². The highest BCUT2D eigenvalue weighted by atomic mass is 16.5. The molecule has 0 aromatic heterocycles. The van der Waals surface area contributed by atoms with Crippen molar-refractivity contribution < 1.29 is 4.74 Å². The standard InChI is InChI=1S/C17H21NO/c1-13(18-2)11-14-7-9-15(10-8-14)16-5-4-6-17(12-16)19-3/h4-10,12-13,18H,11H2,1-3H3. The Morgan fingerprint density at radius 2 is 1.79 bits per heavy atom. The topological polar surface area (TPSA) is 21.3 Å². The molecule has 100 valence electrons. The third kappa shape index (κ3) is 3.58. The fourth-order valence-corrected chi connectivity index (χ4v) is 2.09. The first-order valence-corrected chi connectivity index (χ1v) is 6.63. The molecule has 1 N–H and O–H groups in total. The van der Waals surface area contributed by atoms with Crippen LogP contribution in [0.3, 0.4) is 0 Å². The number of hydrogen-bond donors (Lipinski definition) is 1. The van der Waals surface area contributed by atoms with Crippen molar-refractivity contribution in [2.75, 3.05) is 14.2 Å². The van der Waals surface area contributed by atoms with Crippen LogP contribution in [0.15, 0.2) is 48.5 Å². The Kier molecular flexibility index (Phi) is 4.58. The maximum atomic E-state index is 5.26. The summed E-state index contributed by atoms with van der Waals surface area (Å²) in [6.07, 6.45) is 1.05. The molecule has 2 heteroatoms. The number of likely N-dealkylation sites (N-methyl/N-ethyl adjacent to an activating group) is 1. The number of rotatable bonds is 5. The van der Waals surface area contributed by atoms with Crippen molar-refractivity contribution in [3.05, 3.63) is 54.1 Å². The van der Waals surface area contributed by atoms with Gasteiger partial charge in [-0.25, -0.2) is 0 Å². The van der Waals surface area contributed by atoms with Gasteiger partial charge in [-0.2, -0.15) is 0 Å². The van der Waals surface area contributed by atoms with Gasteiger partial charge in [-0.05, 0) is 49.2 Å². The molecular formula is C17H21NO. The summed E-state index contributed by atoms with van der Waals surface area (Å²) in [5, 5.41) is 3.26. The summed E-state index contributed by atoms with van der Waals surface area (Å²) in [7, 11) is 3.69. The predicted molar refractivity (Wildman–Crippen MR) is 80.7 cm³/mol. The Labute approximate surface area is 115 Å². The van der Waals surface area contributed by atoms with Crippen molar-refractivity contribution in [2.24, 2.45) is 0 Å². The molecule has 0 aliphatic carbocycles. The summed E-state index contributed by atoms with van der Waals surface area (Å²) in [5.74, 6) is 0.894. The van der Waals surface area contributed by atoms with Gasteiger partial charge in [0.2, 0.25) is 0 Å². The number of nitrogens with one attached hydrogen (secondary N) is 1. The second kappa shape index (κ2) is 6.39. The summed E-state index contributed by atoms with van der Waals surface area (Å²) in [4.78, 5) is 0. The first kappa shape index (κ1) is 13.6. The Bertz CT molecular complexity index is 519. The lowest BCUT2D eigenvalue weighted by Gasteiger charge is -2.10. The second-order valence-corrected chi connectivity index (χ2v) is 4.82. The van der Waals surface area contributed by atoms with E-state index in [2.05, 4.69) is 48.6 Å². The zero-order valence-corrected chi connectivity index (χ0v) is 11.8. The zero-order chi connectivity index (χ0) is 13.7. The summed E-state index contributed by atoms with van der Waals surface area (Å²) in [6.45, 7) is 2.19. The summed E-state index contributed by atoms with van der Waals surface area (Å²) >= 11 is 0. The highest BCUT2D eigenvalue weighted by Crippen LogP contribution is 2.24. The average Bonchev–Trinajstić information content (AvgIpc) is 2.48. The van der Waals surface area contributed by atoms with Gasteiger partial charge in [-0.1, -0.05) is 36.4 Å². The molecule has 0 bridgehead atoms. The van der Waals surface area contributed by atoms with E-state index >= 15 is 0 Å². The quantitative estimate of drug-likeness (QED) is 0.882. The third-order valence-corrected chi connectivity index (χ3v) is 3.39. The number of benzene rings is 2. The minimum absolute atomic E-state index is 0.502. The highest BCUT2D eigenvalue weighted by molar-refractivity contribution is 5.65. The van der Waals surface area contributed by atoms with Crippen LogP contribution in [0.4, 0.5) is 0 Å². The molecule has 2 aromatic rings. The molecule has 0 saturated carbocycles. The molecule has 0 aliphatic rings. The van der Waals surface area contributed by atoms with Crippen LogP contribution in [0.5, 0.6) is 5.75 Å². The Hall–Kier alpha value is -1.80. The van der Waals surface area contributed by atoms with E-state index < -0.39 is 0 Å². The van der Waals surface area contributed by atoms with Gasteiger partial charge < -0.3 is 10.1 Å². The van der Waals surface area contributed by atoms with Crippen molar-refractivity contribution in [2.45, 2.75) is 19.4 Å². The van der Waals surface area contributed by atoms with Gasteiger partial charge in [0, 0.05) is 6.04 Å². The van der Waals surface area contributed by atoms with E-state index in [9.17, 15) is 0 Å². The molecule has 19 heavy (non-hydrogen) atoms. The Balaban J connectivity index is 2.17. The smallest absolute Gasteiger partial charge is 0.119 e. The van der Waals surface area contributed by atoms with E-state index in [1.807, 2.05) is 19.2 Å². The van der Waals surface area contributed by atoms with E-state index in [1.165, 1.54) is 16.7 Å². The summed E-state index contributed by atoms with van der Waals surface area (Å²) in [5.41, 5.74) is 3.76. The van der Waals surface area contributed by atoms with Crippen LogP contribution in [0.25, 0.3) is 11.1 Å². The summed E-state index contributed by atoms with van der Waals surface area (Å²) < 4.78 is 5.26. The minimum Gasteiger partial charge on any atom is -0.497 e. The third-order valence-electron chi connectivity index (χ3n) is 3.39. The molecule has 1 unspecified atom stereocenters. The van der Waals surface area contributed by atoms with Crippen LogP contribution in [-0.2, 0) is 6.42 Å². The highest BCUT2D eigenvalue weighted by Gasteiger charge is 2.02. The van der Waals surface area contributed by atoms with Gasteiger partial charge in [-0.3, -0.25) is 0 Å².